The third-order valence-corrected chi connectivity index (χ3v) is 12.8. The molecule has 6 rings (SSSR count). The maximum atomic E-state index is 13.6. The number of carboxylic acid groups (broad SMARTS) is 2. The van der Waals surface area contributed by atoms with Gasteiger partial charge in [-0.1, -0.05) is 34.1 Å². The zero-order valence-electron chi connectivity index (χ0n) is 31.3. The number of amides is 2. The molecule has 0 spiro atoms. The van der Waals surface area contributed by atoms with E-state index in [1.807, 2.05) is 36.4 Å². The van der Waals surface area contributed by atoms with Crippen molar-refractivity contribution in [2.45, 2.75) is 77.0 Å². The van der Waals surface area contributed by atoms with Crippen LogP contribution in [0, 0.1) is 11.3 Å². The highest BCUT2D eigenvalue weighted by Gasteiger charge is 2.42. The van der Waals surface area contributed by atoms with E-state index in [4.69, 9.17) is 14.6 Å². The average molecular weight is 785 g/mol. The molecule has 55 heavy (non-hydrogen) atoms. The van der Waals surface area contributed by atoms with Crippen molar-refractivity contribution in [3.63, 3.8) is 0 Å². The van der Waals surface area contributed by atoms with E-state index < -0.39 is 36.8 Å². The van der Waals surface area contributed by atoms with Gasteiger partial charge in [0.25, 0.3) is 5.91 Å². The van der Waals surface area contributed by atoms with Crippen LogP contribution >= 0.6 is 22.7 Å². The van der Waals surface area contributed by atoms with Crippen LogP contribution in [0.15, 0.2) is 51.2 Å². The lowest BCUT2D eigenvalue weighted by Crippen LogP contribution is -2.44. The summed E-state index contributed by atoms with van der Waals surface area (Å²) in [5.74, 6) is -3.68. The molecule has 2 aliphatic heterocycles. The number of nitrogens with zero attached hydrogens (tertiary/aromatic N) is 3. The molecule has 0 saturated carbocycles. The minimum atomic E-state index is -1.29. The van der Waals surface area contributed by atoms with Crippen LogP contribution in [0.1, 0.15) is 82.2 Å². The molecular formula is C41H44N4O8S2. The van der Waals surface area contributed by atoms with Gasteiger partial charge in [-0.05, 0) is 84.6 Å². The van der Waals surface area contributed by atoms with Crippen LogP contribution in [0.3, 0.4) is 0 Å². The Kier molecular flexibility index (Phi) is 11.4. The number of anilines is 1. The van der Waals surface area contributed by atoms with E-state index in [1.165, 1.54) is 40.0 Å². The molecule has 0 fully saturated rings. The second-order valence-corrected chi connectivity index (χ2v) is 17.6. The van der Waals surface area contributed by atoms with Crippen molar-refractivity contribution in [1.82, 2.24) is 10.2 Å². The number of hydrogen-bond acceptors (Lipinski definition) is 10. The number of carboxylic acids is 2. The molecule has 4 aromatic rings. The molecule has 288 valence electrons. The minimum Gasteiger partial charge on any atom is -0.480 e. The predicted octanol–water partition coefficient (Wildman–Crippen LogP) is 7.00. The molecule has 0 atom stereocenters. The highest BCUT2D eigenvalue weighted by molar-refractivity contribution is 7.24. The Morgan fingerprint density at radius 2 is 1.58 bits per heavy atom. The van der Waals surface area contributed by atoms with E-state index in [0.717, 1.165) is 56.4 Å². The molecule has 14 heteroatoms. The molecule has 5 heterocycles. The van der Waals surface area contributed by atoms with Crippen LogP contribution in [-0.4, -0.2) is 71.6 Å². The molecule has 2 aliphatic rings. The monoisotopic (exact) mass is 784 g/mol. The molecule has 3 aromatic heterocycles. The van der Waals surface area contributed by atoms with Crippen molar-refractivity contribution in [1.29, 1.82) is 5.26 Å². The summed E-state index contributed by atoms with van der Waals surface area (Å²) in [7, 11) is 0. The van der Waals surface area contributed by atoms with E-state index in [0.29, 0.717) is 35.3 Å². The lowest BCUT2D eigenvalue weighted by atomic mass is 9.69. The van der Waals surface area contributed by atoms with Crippen LogP contribution in [0.5, 0.6) is 0 Å². The third kappa shape index (κ3) is 8.53. The number of unbranched alkanes of at least 4 members (excludes halogenated alkanes) is 2. The first-order valence-corrected chi connectivity index (χ1v) is 19.9. The number of carbonyl (C=O) groups is 4. The smallest absolute Gasteiger partial charge is 0.345 e. The maximum Gasteiger partial charge on any atom is 0.345 e. The summed E-state index contributed by atoms with van der Waals surface area (Å²) in [5, 5.41) is 31.2. The first kappa shape index (κ1) is 39.4. The van der Waals surface area contributed by atoms with Gasteiger partial charge in [0.15, 0.2) is 0 Å². The standard InChI is InChI=1S/C41H44N4O8S2/c1-40(2)13-16-44-17-14-41(3,4)35-36(44)28(40)20-24-19-27(39(52)53-37(24)35)29-11-12-31(55-29)30-10-9-26(54-30)18-25(21-42)38(51)43-15-7-5-6-8-32(46)45(22-33(47)48)23-34(49)50/h9-12,18-20H,5-8,13-17,22-23H2,1-4H3,(H,43,51)(H,47,48)(H,49,50). The summed E-state index contributed by atoms with van der Waals surface area (Å²) in [5.41, 5.74) is 4.30. The molecule has 0 bridgehead atoms. The molecule has 1 aromatic carbocycles. The summed E-state index contributed by atoms with van der Waals surface area (Å²) in [6, 6.07) is 13.8. The van der Waals surface area contributed by atoms with Crippen LogP contribution in [-0.2, 0) is 30.0 Å². The second-order valence-electron chi connectivity index (χ2n) is 15.4. The lowest BCUT2D eigenvalue weighted by Gasteiger charge is -2.48. The van der Waals surface area contributed by atoms with Crippen LogP contribution in [0.25, 0.3) is 37.2 Å². The van der Waals surface area contributed by atoms with Gasteiger partial charge in [-0.25, -0.2) is 4.79 Å². The van der Waals surface area contributed by atoms with Gasteiger partial charge in [0.05, 0.1) is 5.56 Å². The van der Waals surface area contributed by atoms with E-state index in [1.54, 1.807) is 0 Å². The normalized spacial score (nSPS) is 15.6. The summed E-state index contributed by atoms with van der Waals surface area (Å²) in [4.78, 5) is 67.1. The van der Waals surface area contributed by atoms with E-state index in [-0.39, 0.29) is 35.0 Å². The van der Waals surface area contributed by atoms with Crippen molar-refractivity contribution in [2.75, 3.05) is 37.6 Å². The number of fused-ring (bicyclic) bond motifs is 2. The van der Waals surface area contributed by atoms with Gasteiger partial charge >= 0.3 is 17.6 Å². The van der Waals surface area contributed by atoms with Crippen molar-refractivity contribution >= 4 is 69.2 Å². The second kappa shape index (κ2) is 15.8. The summed E-state index contributed by atoms with van der Waals surface area (Å²) in [6.45, 7) is 9.93. The van der Waals surface area contributed by atoms with Crippen LogP contribution in [0.4, 0.5) is 5.69 Å². The predicted molar refractivity (Wildman–Crippen MR) is 214 cm³/mol. The lowest BCUT2D eigenvalue weighted by molar-refractivity contribution is -0.149. The fourth-order valence-corrected chi connectivity index (χ4v) is 9.44. The summed E-state index contributed by atoms with van der Waals surface area (Å²) >= 11 is 2.91. The van der Waals surface area contributed by atoms with E-state index in [2.05, 4.69) is 44.0 Å². The fourth-order valence-electron chi connectivity index (χ4n) is 7.38. The molecule has 0 aliphatic carbocycles. The zero-order chi connectivity index (χ0) is 39.7. The van der Waals surface area contributed by atoms with Gasteiger partial charge in [0.1, 0.15) is 30.3 Å². The van der Waals surface area contributed by atoms with Gasteiger partial charge in [-0.2, -0.15) is 5.26 Å². The Labute approximate surface area is 326 Å². The number of benzene rings is 1. The number of nitriles is 1. The summed E-state index contributed by atoms with van der Waals surface area (Å²) in [6.07, 6.45) is 4.99. The van der Waals surface area contributed by atoms with E-state index >= 15 is 0 Å². The van der Waals surface area contributed by atoms with Crippen molar-refractivity contribution in [3.05, 3.63) is 68.4 Å². The molecule has 0 unspecified atom stereocenters. The van der Waals surface area contributed by atoms with Crippen molar-refractivity contribution in [2.24, 2.45) is 0 Å². The van der Waals surface area contributed by atoms with Crippen molar-refractivity contribution < 1.29 is 33.8 Å². The number of carbonyl (C=O) groups excluding carboxylic acids is 2. The Bertz CT molecular complexity index is 2290. The number of nitrogens with one attached hydrogen (secondary N) is 1. The Hall–Kier alpha value is -5.26. The zero-order valence-corrected chi connectivity index (χ0v) is 33.0. The third-order valence-electron chi connectivity index (χ3n) is 10.5. The van der Waals surface area contributed by atoms with Gasteiger partial charge in [-0.15, -0.1) is 22.7 Å². The summed E-state index contributed by atoms with van der Waals surface area (Å²) < 4.78 is 6.21. The first-order valence-electron chi connectivity index (χ1n) is 18.3. The fraction of sp³-hybridized carbons (Fsp3) is 0.415. The molecule has 0 saturated heterocycles. The first-order chi connectivity index (χ1) is 26.1. The van der Waals surface area contributed by atoms with Gasteiger partial charge < -0.3 is 29.7 Å². The SMILES string of the molecule is CC1(C)CCN2CCC(C)(C)c3c2c1cc1cc(-c2ccc(-c4ccc(C=C(C#N)C(=O)NCCCCCC(=O)N(CC(=O)O)CC(=O)O)s4)s2)c(=O)oc31. The van der Waals surface area contributed by atoms with Gasteiger partial charge in [0.2, 0.25) is 5.91 Å². The number of hydrogen-bond donors (Lipinski definition) is 3. The molecule has 2 amide bonds. The Morgan fingerprint density at radius 3 is 2.27 bits per heavy atom. The average Bonchev–Trinajstić information content (AvgIpc) is 3.80. The molecule has 12 nitrogen and oxygen atoms in total. The van der Waals surface area contributed by atoms with Crippen LogP contribution in [0.2, 0.25) is 0 Å². The van der Waals surface area contributed by atoms with Crippen molar-refractivity contribution in [3.8, 4) is 26.3 Å². The van der Waals surface area contributed by atoms with Gasteiger partial charge in [0, 0.05) is 62.2 Å². The van der Waals surface area contributed by atoms with Crippen LogP contribution < -0.4 is 15.8 Å². The quantitative estimate of drug-likeness (QED) is 0.0521. The van der Waals surface area contributed by atoms with Gasteiger partial charge in [-0.3, -0.25) is 19.2 Å². The minimum absolute atomic E-state index is 0.00256. The largest absolute Gasteiger partial charge is 0.480 e. The number of aliphatic carboxylic acids is 2. The Balaban J connectivity index is 1.11. The topological polar surface area (TPSA) is 181 Å². The molecular weight excluding hydrogens is 741 g/mol. The number of rotatable bonds is 14. The number of thiophene rings is 2. The highest BCUT2D eigenvalue weighted by atomic mass is 32.1. The van der Waals surface area contributed by atoms with E-state index in [9.17, 15) is 29.2 Å². The molecule has 0 radical (unpaired) electrons. The maximum absolute atomic E-state index is 13.6. The Morgan fingerprint density at radius 1 is 0.927 bits per heavy atom. The highest BCUT2D eigenvalue weighted by Crippen LogP contribution is 2.52. The molecule has 3 N–H and O–H groups in total.